The summed E-state index contributed by atoms with van der Waals surface area (Å²) in [6.07, 6.45) is 6.27. The zero-order valence-electron chi connectivity index (χ0n) is 18.1. The molecule has 1 atom stereocenters. The Hall–Kier alpha value is -0.900. The second-order valence-electron chi connectivity index (χ2n) is 7.99. The zero-order valence-corrected chi connectivity index (χ0v) is 20.6. The molecule has 0 radical (unpaired) electrons. The summed E-state index contributed by atoms with van der Waals surface area (Å²) in [5.41, 5.74) is 2.06. The van der Waals surface area contributed by atoms with E-state index in [-0.39, 0.29) is 24.2 Å². The first-order valence-corrected chi connectivity index (χ1v) is 12.0. The second kappa shape index (κ2) is 11.5. The van der Waals surface area contributed by atoms with E-state index >= 15 is 0 Å². The number of hydrogen-bond donors (Lipinski definition) is 1. The molecule has 1 saturated heterocycles. The minimum Gasteiger partial charge on any atom is -0.397 e. The highest BCUT2D eigenvalue weighted by Crippen LogP contribution is 2.64. The molecule has 1 aliphatic rings. The van der Waals surface area contributed by atoms with Gasteiger partial charge in [-0.3, -0.25) is 9.65 Å². The molecule has 4 nitrogen and oxygen atoms in total. The molecule has 0 aliphatic carbocycles. The van der Waals surface area contributed by atoms with Crippen LogP contribution >= 0.6 is 31.2 Å². The molecule has 2 aromatic rings. The topological polar surface area (TPSA) is 48.7 Å². The fourth-order valence-electron chi connectivity index (χ4n) is 3.60. The molecule has 1 fully saturated rings. The normalized spacial score (nSPS) is 16.2. The predicted octanol–water partition coefficient (Wildman–Crippen LogP) is 6.43. The van der Waals surface area contributed by atoms with Crippen molar-refractivity contribution >= 4 is 42.2 Å². The summed E-state index contributed by atoms with van der Waals surface area (Å²) in [7, 11) is -1.98. The highest BCUT2D eigenvalue weighted by atomic mass is 35.5. The highest BCUT2D eigenvalue weighted by Gasteiger charge is 2.42. The second-order valence-corrected chi connectivity index (χ2v) is 12.2. The van der Waals surface area contributed by atoms with Crippen molar-refractivity contribution in [2.75, 3.05) is 19.7 Å². The van der Waals surface area contributed by atoms with Gasteiger partial charge < -0.3 is 5.11 Å². The van der Waals surface area contributed by atoms with Crippen LogP contribution in [0.3, 0.4) is 0 Å². The first-order chi connectivity index (χ1) is 13.3. The molecule has 2 heterocycles. The fourth-order valence-corrected chi connectivity index (χ4v) is 8.13. The monoisotopic (exact) mass is 457 g/mol. The number of rotatable bonds is 3. The van der Waals surface area contributed by atoms with Crippen molar-refractivity contribution in [3.63, 3.8) is 0 Å². The summed E-state index contributed by atoms with van der Waals surface area (Å²) in [6, 6.07) is 10.5. The maximum absolute atomic E-state index is 7.57. The Bertz CT molecular complexity index is 817. The molecule has 1 aromatic carbocycles. The van der Waals surface area contributed by atoms with Gasteiger partial charge in [-0.05, 0) is 56.5 Å². The molecule has 0 bridgehead atoms. The molecule has 1 N–H and O–H groups in total. The van der Waals surface area contributed by atoms with E-state index in [2.05, 4.69) is 54.7 Å². The molecule has 162 valence electrons. The van der Waals surface area contributed by atoms with Gasteiger partial charge in [0.1, 0.15) is 0 Å². The van der Waals surface area contributed by atoms with Crippen LogP contribution in [0, 0.1) is 6.92 Å². The van der Waals surface area contributed by atoms with Crippen LogP contribution in [0.2, 0.25) is 5.02 Å². The Balaban J connectivity index is 0.000000990. The minimum absolute atomic E-state index is 0. The molecule has 0 amide bonds. The van der Waals surface area contributed by atoms with Crippen LogP contribution in [-0.2, 0) is 0 Å². The van der Waals surface area contributed by atoms with E-state index in [1.165, 1.54) is 18.1 Å². The van der Waals surface area contributed by atoms with Crippen molar-refractivity contribution in [1.82, 2.24) is 9.65 Å². The molecule has 3 rings (SSSR count). The van der Waals surface area contributed by atoms with Crippen LogP contribution in [0.1, 0.15) is 46.1 Å². The van der Waals surface area contributed by atoms with Gasteiger partial charge in [-0.1, -0.05) is 38.4 Å². The van der Waals surface area contributed by atoms with Crippen molar-refractivity contribution in [1.29, 1.82) is 0 Å². The Morgan fingerprint density at radius 2 is 1.69 bits per heavy atom. The molecular weight excluding hydrogens is 424 g/mol. The van der Waals surface area contributed by atoms with Crippen LogP contribution in [0.25, 0.3) is 0 Å². The largest absolute Gasteiger partial charge is 0.397 e. The first kappa shape index (κ1) is 26.1. The van der Waals surface area contributed by atoms with E-state index < -0.39 is 7.21 Å². The number of pyridine rings is 1. The summed E-state index contributed by atoms with van der Waals surface area (Å²) < 4.78 is 8.08. The lowest BCUT2D eigenvalue weighted by atomic mass is 10.2. The highest BCUT2D eigenvalue weighted by molar-refractivity contribution is 7.73. The van der Waals surface area contributed by atoms with E-state index in [1.54, 1.807) is 6.92 Å². The molecule has 1 aliphatic heterocycles. The maximum Gasteiger partial charge on any atom is 0.0720 e. The van der Waals surface area contributed by atoms with Crippen molar-refractivity contribution in [3.8, 4) is 0 Å². The number of benzene rings is 1. The number of halogens is 2. The predicted molar refractivity (Wildman–Crippen MR) is 130 cm³/mol. The average Bonchev–Trinajstić information content (AvgIpc) is 3.18. The quantitative estimate of drug-likeness (QED) is 0.539. The molecule has 29 heavy (non-hydrogen) atoms. The van der Waals surface area contributed by atoms with Crippen LogP contribution in [-0.4, -0.2) is 39.6 Å². The summed E-state index contributed by atoms with van der Waals surface area (Å²) >= 11 is 6.39. The lowest BCUT2D eigenvalue weighted by molar-refractivity contribution is 0.318. The standard InChI is InChI=1S/C20H27ClN3P.C2H6O.ClH/c1-16-7-8-17(15-19(16)21)23-25(20(2,3)4,24-13-5-6-14-24)18-9-11-22-12-10-18;1-2-3;/h7-12,15H,5-6,13-14H2,1-4H3;3H,2H2,1H3;1H. The van der Waals surface area contributed by atoms with Gasteiger partial charge in [0.05, 0.1) is 12.9 Å². The SMILES string of the molecule is CCO.Cc1ccc(N=P(c2ccncc2)(N2CCCC2)C(C)(C)C)cc1Cl.Cl. The lowest BCUT2D eigenvalue weighted by Crippen LogP contribution is -2.35. The number of aryl methyl sites for hydroxylation is 1. The Labute approximate surface area is 187 Å². The van der Waals surface area contributed by atoms with Crippen LogP contribution in [0.15, 0.2) is 47.5 Å². The van der Waals surface area contributed by atoms with Gasteiger partial charge in [-0.15, -0.1) is 12.4 Å². The number of nitrogens with zero attached hydrogens (tertiary/aromatic N) is 3. The fraction of sp³-hybridized carbons (Fsp3) is 0.500. The van der Waals surface area contributed by atoms with E-state index in [4.69, 9.17) is 21.5 Å². The smallest absolute Gasteiger partial charge is 0.0720 e. The molecule has 1 unspecified atom stereocenters. The Morgan fingerprint density at radius 3 is 2.17 bits per heavy atom. The lowest BCUT2D eigenvalue weighted by Gasteiger charge is -2.43. The summed E-state index contributed by atoms with van der Waals surface area (Å²) in [6.45, 7) is 13.1. The summed E-state index contributed by atoms with van der Waals surface area (Å²) in [5.74, 6) is 0. The molecular formula is C22H34Cl2N3OP. The first-order valence-electron chi connectivity index (χ1n) is 9.91. The van der Waals surface area contributed by atoms with Gasteiger partial charge in [0.25, 0.3) is 0 Å². The van der Waals surface area contributed by atoms with Gasteiger partial charge in [-0.25, -0.2) is 4.74 Å². The third-order valence-electron chi connectivity index (χ3n) is 4.87. The van der Waals surface area contributed by atoms with Crippen molar-refractivity contribution in [2.45, 2.75) is 52.6 Å². The Morgan fingerprint density at radius 1 is 1.14 bits per heavy atom. The van der Waals surface area contributed by atoms with Gasteiger partial charge in [0.2, 0.25) is 0 Å². The summed E-state index contributed by atoms with van der Waals surface area (Å²) in [5, 5.41) is 9.67. The summed E-state index contributed by atoms with van der Waals surface area (Å²) in [4.78, 5) is 4.24. The van der Waals surface area contributed by atoms with E-state index in [0.717, 1.165) is 29.4 Å². The number of aromatic nitrogens is 1. The average molecular weight is 458 g/mol. The van der Waals surface area contributed by atoms with Gasteiger partial charge >= 0.3 is 0 Å². The van der Waals surface area contributed by atoms with Crippen LogP contribution < -0.4 is 5.30 Å². The zero-order chi connectivity index (χ0) is 20.8. The number of aliphatic hydroxyl groups is 1. The third kappa shape index (κ3) is 6.06. The van der Waals surface area contributed by atoms with Crippen LogP contribution in [0.4, 0.5) is 5.69 Å². The maximum atomic E-state index is 7.57. The van der Waals surface area contributed by atoms with Gasteiger partial charge in [0.15, 0.2) is 0 Å². The van der Waals surface area contributed by atoms with Crippen molar-refractivity contribution in [2.24, 2.45) is 4.74 Å². The van der Waals surface area contributed by atoms with E-state index in [0.29, 0.717) is 0 Å². The van der Waals surface area contributed by atoms with Gasteiger partial charge in [-0.2, -0.15) is 0 Å². The number of hydrogen-bond acceptors (Lipinski definition) is 3. The molecule has 0 spiro atoms. The van der Waals surface area contributed by atoms with E-state index in [1.807, 2.05) is 25.4 Å². The van der Waals surface area contributed by atoms with Crippen molar-refractivity contribution < 1.29 is 5.11 Å². The van der Waals surface area contributed by atoms with Crippen LogP contribution in [0.5, 0.6) is 0 Å². The minimum atomic E-state index is -1.98. The molecule has 1 aromatic heterocycles. The molecule has 7 heteroatoms. The molecule has 0 saturated carbocycles. The number of aliphatic hydroxyl groups excluding tert-OH is 1. The van der Waals surface area contributed by atoms with Gasteiger partial charge in [0, 0.05) is 47.6 Å². The third-order valence-corrected chi connectivity index (χ3v) is 9.90. The van der Waals surface area contributed by atoms with E-state index in [9.17, 15) is 0 Å². The van der Waals surface area contributed by atoms with Crippen molar-refractivity contribution in [3.05, 3.63) is 53.3 Å². The Kier molecular flexibility index (Phi) is 10.3.